The van der Waals surface area contributed by atoms with E-state index < -0.39 is 21.6 Å². The largest absolute Gasteiger partial charge is 0.446 e. The zero-order valence-corrected chi connectivity index (χ0v) is 11.7. The quantitative estimate of drug-likeness (QED) is 0.426. The molecule has 0 saturated heterocycles. The Morgan fingerprint density at radius 1 is 0.950 bits per heavy atom. The Morgan fingerprint density at radius 3 is 1.90 bits per heavy atom. The fourth-order valence-corrected chi connectivity index (χ4v) is 2.26. The number of hydrogen-bond acceptors (Lipinski definition) is 3. The lowest BCUT2D eigenvalue weighted by Crippen LogP contribution is -1.99. The standard InChI is InChI=1S/C11H4Cl2F4N2S/c12-8-7(14)9(13)19-10(18-8)5-1-3-6(4-2-5)20-11(15,16)17/h1-4H. The molecular formula is C11H4Cl2F4N2S. The van der Waals surface area contributed by atoms with E-state index >= 15 is 0 Å². The van der Waals surface area contributed by atoms with Crippen molar-refractivity contribution in [2.75, 3.05) is 0 Å². The van der Waals surface area contributed by atoms with E-state index in [-0.39, 0.29) is 22.5 Å². The summed E-state index contributed by atoms with van der Waals surface area (Å²) in [7, 11) is 0. The van der Waals surface area contributed by atoms with E-state index in [1.807, 2.05) is 0 Å². The number of alkyl halides is 3. The predicted octanol–water partition coefficient (Wildman–Crippen LogP) is 5.20. The molecule has 0 saturated carbocycles. The Balaban J connectivity index is 2.31. The molecule has 0 radical (unpaired) electrons. The lowest BCUT2D eigenvalue weighted by Gasteiger charge is -2.06. The van der Waals surface area contributed by atoms with E-state index in [0.717, 1.165) is 0 Å². The lowest BCUT2D eigenvalue weighted by atomic mass is 10.2. The fourth-order valence-electron chi connectivity index (χ4n) is 1.33. The summed E-state index contributed by atoms with van der Waals surface area (Å²) in [5, 5.41) is -0.900. The summed E-state index contributed by atoms with van der Waals surface area (Å²) in [6.45, 7) is 0. The van der Waals surface area contributed by atoms with Gasteiger partial charge in [0.2, 0.25) is 0 Å². The van der Waals surface area contributed by atoms with Crippen LogP contribution in [0.5, 0.6) is 0 Å². The molecular weight excluding hydrogens is 339 g/mol. The third-order valence-electron chi connectivity index (χ3n) is 2.12. The molecule has 0 atom stereocenters. The summed E-state index contributed by atoms with van der Waals surface area (Å²) in [4.78, 5) is 7.36. The van der Waals surface area contributed by atoms with Crippen molar-refractivity contribution in [3.8, 4) is 11.4 Å². The fraction of sp³-hybridized carbons (Fsp3) is 0.0909. The number of benzene rings is 1. The number of thioether (sulfide) groups is 1. The summed E-state index contributed by atoms with van der Waals surface area (Å²) >= 11 is 10.8. The Morgan fingerprint density at radius 2 is 1.45 bits per heavy atom. The van der Waals surface area contributed by atoms with Gasteiger partial charge in [-0.3, -0.25) is 0 Å². The zero-order valence-electron chi connectivity index (χ0n) is 9.38. The Bertz CT molecular complexity index is 608. The van der Waals surface area contributed by atoms with Gasteiger partial charge >= 0.3 is 5.51 Å². The first-order valence-corrected chi connectivity index (χ1v) is 6.58. The lowest BCUT2D eigenvalue weighted by molar-refractivity contribution is -0.0328. The van der Waals surface area contributed by atoms with E-state index in [2.05, 4.69) is 9.97 Å². The summed E-state index contributed by atoms with van der Waals surface area (Å²) in [5.74, 6) is -0.911. The summed E-state index contributed by atoms with van der Waals surface area (Å²) in [6.07, 6.45) is 0. The molecule has 1 heterocycles. The van der Waals surface area contributed by atoms with E-state index in [1.165, 1.54) is 24.3 Å². The molecule has 0 fully saturated rings. The molecule has 20 heavy (non-hydrogen) atoms. The van der Waals surface area contributed by atoms with Gasteiger partial charge in [0.25, 0.3) is 0 Å². The van der Waals surface area contributed by atoms with Gasteiger partial charge in [0.15, 0.2) is 21.9 Å². The van der Waals surface area contributed by atoms with Gasteiger partial charge in [-0.2, -0.15) is 13.2 Å². The first kappa shape index (κ1) is 15.3. The molecule has 0 amide bonds. The van der Waals surface area contributed by atoms with E-state index in [0.29, 0.717) is 5.56 Å². The summed E-state index contributed by atoms with van der Waals surface area (Å²) in [6, 6.07) is 5.24. The Kier molecular flexibility index (Phi) is 4.41. The van der Waals surface area contributed by atoms with Crippen molar-refractivity contribution in [3.05, 3.63) is 40.4 Å². The van der Waals surface area contributed by atoms with Crippen molar-refractivity contribution in [1.82, 2.24) is 9.97 Å². The maximum atomic E-state index is 13.2. The highest BCUT2D eigenvalue weighted by Crippen LogP contribution is 2.37. The van der Waals surface area contributed by atoms with Crippen LogP contribution in [0.2, 0.25) is 10.3 Å². The van der Waals surface area contributed by atoms with Crippen LogP contribution in [-0.4, -0.2) is 15.5 Å². The Hall–Kier alpha value is -1.05. The summed E-state index contributed by atoms with van der Waals surface area (Å²) in [5.41, 5.74) is -3.99. The topological polar surface area (TPSA) is 25.8 Å². The van der Waals surface area contributed by atoms with Crippen LogP contribution in [0.3, 0.4) is 0 Å². The molecule has 9 heteroatoms. The molecule has 0 N–H and O–H groups in total. The van der Waals surface area contributed by atoms with Crippen LogP contribution < -0.4 is 0 Å². The Labute approximate surface area is 125 Å². The molecule has 0 spiro atoms. The highest BCUT2D eigenvalue weighted by molar-refractivity contribution is 8.00. The summed E-state index contributed by atoms with van der Waals surface area (Å²) < 4.78 is 49.7. The second-order valence-electron chi connectivity index (χ2n) is 3.51. The van der Waals surface area contributed by atoms with Gasteiger partial charge in [-0.25, -0.2) is 14.4 Å². The van der Waals surface area contributed by atoms with Crippen molar-refractivity contribution < 1.29 is 17.6 Å². The van der Waals surface area contributed by atoms with Gasteiger partial charge in [0, 0.05) is 10.5 Å². The highest BCUT2D eigenvalue weighted by Gasteiger charge is 2.29. The smallest absolute Gasteiger partial charge is 0.213 e. The minimum atomic E-state index is -4.36. The molecule has 1 aromatic heterocycles. The SMILES string of the molecule is Fc1c(Cl)nc(-c2ccc(SC(F)(F)F)cc2)nc1Cl. The van der Waals surface area contributed by atoms with Crippen LogP contribution in [0.15, 0.2) is 29.2 Å². The van der Waals surface area contributed by atoms with Crippen LogP contribution in [0, 0.1) is 5.82 Å². The number of hydrogen-bond donors (Lipinski definition) is 0. The van der Waals surface area contributed by atoms with Crippen LogP contribution in [0.25, 0.3) is 11.4 Å². The van der Waals surface area contributed by atoms with Gasteiger partial charge in [-0.1, -0.05) is 35.3 Å². The van der Waals surface area contributed by atoms with Crippen molar-refractivity contribution >= 4 is 35.0 Å². The molecule has 2 aromatic rings. The monoisotopic (exact) mass is 342 g/mol. The molecule has 1 aromatic carbocycles. The van der Waals surface area contributed by atoms with E-state index in [1.54, 1.807) is 0 Å². The van der Waals surface area contributed by atoms with Crippen LogP contribution in [-0.2, 0) is 0 Å². The zero-order chi connectivity index (χ0) is 14.9. The molecule has 2 nitrogen and oxygen atoms in total. The minimum Gasteiger partial charge on any atom is -0.213 e. The number of aromatic nitrogens is 2. The second-order valence-corrected chi connectivity index (χ2v) is 5.37. The maximum absolute atomic E-state index is 13.2. The molecule has 0 aliphatic rings. The minimum absolute atomic E-state index is 0.0144. The van der Waals surface area contributed by atoms with Crippen molar-refractivity contribution in [2.45, 2.75) is 10.4 Å². The third-order valence-corrected chi connectivity index (χ3v) is 3.36. The van der Waals surface area contributed by atoms with Gasteiger partial charge in [0.05, 0.1) is 0 Å². The highest BCUT2D eigenvalue weighted by atomic mass is 35.5. The van der Waals surface area contributed by atoms with Gasteiger partial charge in [0.1, 0.15) is 0 Å². The molecule has 0 aliphatic carbocycles. The molecule has 0 unspecified atom stereocenters. The van der Waals surface area contributed by atoms with Crippen molar-refractivity contribution in [1.29, 1.82) is 0 Å². The third kappa shape index (κ3) is 3.74. The molecule has 0 aliphatic heterocycles. The average molecular weight is 343 g/mol. The van der Waals surface area contributed by atoms with Gasteiger partial charge in [-0.15, -0.1) is 0 Å². The number of halogens is 6. The number of rotatable bonds is 2. The van der Waals surface area contributed by atoms with Gasteiger partial charge < -0.3 is 0 Å². The normalized spacial score (nSPS) is 11.7. The molecule has 0 bridgehead atoms. The maximum Gasteiger partial charge on any atom is 0.446 e. The molecule has 2 rings (SSSR count). The number of nitrogens with zero attached hydrogens (tertiary/aromatic N) is 2. The second kappa shape index (κ2) is 5.75. The van der Waals surface area contributed by atoms with Crippen LogP contribution in [0.1, 0.15) is 0 Å². The first-order valence-electron chi connectivity index (χ1n) is 5.01. The van der Waals surface area contributed by atoms with Crippen molar-refractivity contribution in [2.24, 2.45) is 0 Å². The van der Waals surface area contributed by atoms with Gasteiger partial charge in [-0.05, 0) is 23.9 Å². The van der Waals surface area contributed by atoms with E-state index in [9.17, 15) is 17.6 Å². The predicted molar refractivity (Wildman–Crippen MR) is 69.4 cm³/mol. The van der Waals surface area contributed by atoms with Crippen LogP contribution in [0.4, 0.5) is 17.6 Å². The van der Waals surface area contributed by atoms with Crippen molar-refractivity contribution in [3.63, 3.8) is 0 Å². The average Bonchev–Trinajstić information content (AvgIpc) is 2.34. The first-order chi connectivity index (χ1) is 9.26. The molecule has 106 valence electrons. The van der Waals surface area contributed by atoms with E-state index in [4.69, 9.17) is 23.2 Å². The van der Waals surface area contributed by atoms with Crippen LogP contribution >= 0.6 is 35.0 Å².